The van der Waals surface area contributed by atoms with Crippen molar-refractivity contribution in [2.45, 2.75) is 39.8 Å². The average Bonchev–Trinajstić information content (AvgIpc) is 2.98. The largest absolute Gasteiger partial charge is 0.484 e. The van der Waals surface area contributed by atoms with E-state index in [-0.39, 0.29) is 29.6 Å². The number of amides is 3. The summed E-state index contributed by atoms with van der Waals surface area (Å²) in [6, 6.07) is 12.0. The summed E-state index contributed by atoms with van der Waals surface area (Å²) in [4.78, 5) is 47.4. The lowest BCUT2D eigenvalue weighted by molar-refractivity contribution is -0.130. The molecule has 44 heavy (non-hydrogen) atoms. The first kappa shape index (κ1) is 32.3. The number of hydrogen-bond acceptors (Lipinski definition) is 6. The predicted octanol–water partition coefficient (Wildman–Crippen LogP) is 4.94. The normalized spacial score (nSPS) is 15.8. The molecule has 3 aromatic rings. The maximum atomic E-state index is 14.6. The smallest absolute Gasteiger partial charge is 0.257 e. The predicted molar refractivity (Wildman–Crippen MR) is 168 cm³/mol. The first-order chi connectivity index (χ1) is 20.9. The molecule has 0 saturated carbocycles. The Morgan fingerprint density at radius 1 is 1.09 bits per heavy atom. The molecule has 0 bridgehead atoms. The summed E-state index contributed by atoms with van der Waals surface area (Å²) in [7, 11) is 3.33. The maximum absolute atomic E-state index is 14.6. The lowest BCUT2D eigenvalue weighted by atomic mass is 10.0. The number of halogens is 1. The molecule has 1 fully saturated rings. The van der Waals surface area contributed by atoms with Crippen LogP contribution < -0.4 is 10.1 Å². The number of carbonyl (C=O) groups is 3. The Labute approximate surface area is 258 Å². The van der Waals surface area contributed by atoms with E-state index < -0.39 is 6.10 Å². The van der Waals surface area contributed by atoms with Gasteiger partial charge in [0.25, 0.3) is 11.8 Å². The Balaban J connectivity index is 1.51. The van der Waals surface area contributed by atoms with Crippen molar-refractivity contribution in [3.63, 3.8) is 0 Å². The van der Waals surface area contributed by atoms with Crippen molar-refractivity contribution >= 4 is 23.5 Å². The zero-order chi connectivity index (χ0) is 32.1. The van der Waals surface area contributed by atoms with E-state index in [1.807, 2.05) is 19.9 Å². The summed E-state index contributed by atoms with van der Waals surface area (Å²) in [5.41, 5.74) is 3.49. The minimum Gasteiger partial charge on any atom is -0.484 e. The molecule has 9 nitrogen and oxygen atoms in total. The number of hydrogen-bond donors (Lipinski definition) is 1. The molecular formula is C34H40FN5O4. The van der Waals surface area contributed by atoms with E-state index in [9.17, 15) is 18.8 Å². The van der Waals surface area contributed by atoms with Crippen molar-refractivity contribution in [2.75, 3.05) is 45.6 Å². The number of pyridine rings is 1. The Morgan fingerprint density at radius 3 is 2.45 bits per heavy atom. The van der Waals surface area contributed by atoms with Crippen LogP contribution in [-0.2, 0) is 4.79 Å². The topological polar surface area (TPSA) is 95.1 Å². The van der Waals surface area contributed by atoms with Gasteiger partial charge < -0.3 is 19.9 Å². The minimum absolute atomic E-state index is 0.00695. The van der Waals surface area contributed by atoms with Crippen molar-refractivity contribution in [1.29, 1.82) is 0 Å². The molecule has 1 saturated heterocycles. The Hall–Kier alpha value is -4.57. The second-order valence-corrected chi connectivity index (χ2v) is 11.5. The third-order valence-electron chi connectivity index (χ3n) is 7.85. The quantitative estimate of drug-likeness (QED) is 0.349. The van der Waals surface area contributed by atoms with Gasteiger partial charge in [-0.2, -0.15) is 0 Å². The molecule has 2 aromatic carbocycles. The van der Waals surface area contributed by atoms with Crippen LogP contribution in [0.3, 0.4) is 0 Å². The zero-order valence-corrected chi connectivity index (χ0v) is 26.2. The van der Waals surface area contributed by atoms with Crippen LogP contribution >= 0.6 is 0 Å². The molecule has 1 aliphatic heterocycles. The standard InChI is InChI=1S/C34H40FN5O4/c1-8-31(41)40-14-13-39(19-24(40)5)20-30(25-10-9-21(2)29(35)17-25)44-27-11-12-28(22(3)16-27)33(42)37-32-23(4)15-26(18-36-32)34(43)38(6)7/h8-12,15-18,24,30H,1,13-14,19-20H2,2-7H3,(H,36,37,42)/t24-,30-/m1/s1. The summed E-state index contributed by atoms with van der Waals surface area (Å²) in [6.45, 7) is 13.3. The van der Waals surface area contributed by atoms with Crippen LogP contribution in [0.25, 0.3) is 0 Å². The summed E-state index contributed by atoms with van der Waals surface area (Å²) >= 11 is 0. The molecule has 1 aliphatic rings. The van der Waals surface area contributed by atoms with E-state index in [1.165, 1.54) is 23.2 Å². The van der Waals surface area contributed by atoms with Crippen molar-refractivity contribution in [3.05, 3.63) is 101 Å². The summed E-state index contributed by atoms with van der Waals surface area (Å²) in [5.74, 6) is 0.00484. The molecule has 10 heteroatoms. The molecule has 2 atom stereocenters. The molecule has 232 valence electrons. The third-order valence-corrected chi connectivity index (χ3v) is 7.85. The zero-order valence-electron chi connectivity index (χ0n) is 26.2. The minimum atomic E-state index is -0.492. The van der Waals surface area contributed by atoms with Gasteiger partial charge in [-0.3, -0.25) is 19.3 Å². The van der Waals surface area contributed by atoms with Crippen molar-refractivity contribution in [3.8, 4) is 5.75 Å². The molecule has 3 amide bonds. The summed E-state index contributed by atoms with van der Waals surface area (Å²) in [5, 5.41) is 2.84. The van der Waals surface area contributed by atoms with Gasteiger partial charge in [-0.05, 0) is 86.4 Å². The number of ether oxygens (including phenoxy) is 1. The second kappa shape index (κ2) is 13.8. The average molecular weight is 602 g/mol. The van der Waals surface area contributed by atoms with Crippen molar-refractivity contribution < 1.29 is 23.5 Å². The molecular weight excluding hydrogens is 561 g/mol. The number of carbonyl (C=O) groups excluding carboxylic acids is 3. The first-order valence-corrected chi connectivity index (χ1v) is 14.6. The van der Waals surface area contributed by atoms with Crippen LogP contribution in [0.1, 0.15) is 56.0 Å². The van der Waals surface area contributed by atoms with E-state index in [0.29, 0.717) is 71.1 Å². The van der Waals surface area contributed by atoms with Crippen molar-refractivity contribution in [2.24, 2.45) is 0 Å². The number of piperazine rings is 1. The van der Waals surface area contributed by atoms with Crippen LogP contribution in [0.4, 0.5) is 10.2 Å². The number of nitrogens with zero attached hydrogens (tertiary/aromatic N) is 4. The molecule has 0 radical (unpaired) electrons. The van der Waals surface area contributed by atoms with E-state index >= 15 is 0 Å². The van der Waals surface area contributed by atoms with Crippen LogP contribution in [0.15, 0.2) is 61.3 Å². The Kier molecular flexibility index (Phi) is 10.2. The van der Waals surface area contributed by atoms with Gasteiger partial charge in [0.05, 0.1) is 5.56 Å². The molecule has 0 spiro atoms. The Bertz CT molecular complexity index is 1570. The third kappa shape index (κ3) is 7.49. The Morgan fingerprint density at radius 2 is 1.84 bits per heavy atom. The van der Waals surface area contributed by atoms with Crippen molar-refractivity contribution in [1.82, 2.24) is 19.7 Å². The second-order valence-electron chi connectivity index (χ2n) is 11.5. The van der Waals surface area contributed by atoms with Gasteiger partial charge >= 0.3 is 0 Å². The highest BCUT2D eigenvalue weighted by Gasteiger charge is 2.29. The highest BCUT2D eigenvalue weighted by atomic mass is 19.1. The number of aromatic nitrogens is 1. The van der Waals surface area contributed by atoms with Gasteiger partial charge in [-0.25, -0.2) is 9.37 Å². The highest BCUT2D eigenvalue weighted by molar-refractivity contribution is 6.05. The molecule has 2 heterocycles. The van der Waals surface area contributed by atoms with Gasteiger partial charge in [0.15, 0.2) is 0 Å². The molecule has 0 aliphatic carbocycles. The lowest BCUT2D eigenvalue weighted by Gasteiger charge is -2.40. The maximum Gasteiger partial charge on any atom is 0.257 e. The SMILES string of the molecule is C=CC(=O)N1CCN(C[C@@H](Oc2ccc(C(=O)Nc3ncc(C(=O)N(C)C)cc3C)c(C)c2)c2ccc(C)c(F)c2)C[C@H]1C. The lowest BCUT2D eigenvalue weighted by Crippen LogP contribution is -2.54. The van der Waals surface area contributed by atoms with E-state index in [0.717, 1.165) is 0 Å². The van der Waals surface area contributed by atoms with Gasteiger partial charge in [-0.15, -0.1) is 0 Å². The highest BCUT2D eigenvalue weighted by Crippen LogP contribution is 2.28. The van der Waals surface area contributed by atoms with Gasteiger partial charge in [0.2, 0.25) is 5.91 Å². The number of anilines is 1. The fraction of sp³-hybridized carbons (Fsp3) is 0.353. The van der Waals surface area contributed by atoms with Gasteiger partial charge in [0, 0.05) is 58.1 Å². The van der Waals surface area contributed by atoms with Gasteiger partial charge in [0.1, 0.15) is 23.5 Å². The van der Waals surface area contributed by atoms with Crippen LogP contribution in [-0.4, -0.2) is 83.7 Å². The monoisotopic (exact) mass is 601 g/mol. The summed E-state index contributed by atoms with van der Waals surface area (Å²) < 4.78 is 21.1. The van der Waals surface area contributed by atoms with E-state index in [2.05, 4.69) is 21.8 Å². The number of nitrogens with one attached hydrogen (secondary N) is 1. The first-order valence-electron chi connectivity index (χ1n) is 14.6. The number of rotatable bonds is 9. The van der Waals surface area contributed by atoms with E-state index in [4.69, 9.17) is 4.74 Å². The molecule has 1 N–H and O–H groups in total. The van der Waals surface area contributed by atoms with Crippen LogP contribution in [0.2, 0.25) is 0 Å². The fourth-order valence-corrected chi connectivity index (χ4v) is 5.28. The fourth-order valence-electron chi connectivity index (χ4n) is 5.28. The molecule has 4 rings (SSSR count). The molecule has 1 aromatic heterocycles. The van der Waals surface area contributed by atoms with Crippen LogP contribution in [0, 0.1) is 26.6 Å². The summed E-state index contributed by atoms with van der Waals surface area (Å²) in [6.07, 6.45) is 2.29. The molecule has 0 unspecified atom stereocenters. The van der Waals surface area contributed by atoms with Gasteiger partial charge in [-0.1, -0.05) is 18.7 Å². The van der Waals surface area contributed by atoms with Crippen LogP contribution in [0.5, 0.6) is 5.75 Å². The van der Waals surface area contributed by atoms with E-state index in [1.54, 1.807) is 63.2 Å². The number of benzene rings is 2. The number of aryl methyl sites for hydroxylation is 3.